The summed E-state index contributed by atoms with van der Waals surface area (Å²) < 4.78 is 7.26. The van der Waals surface area contributed by atoms with Gasteiger partial charge in [-0.05, 0) is 42.7 Å². The van der Waals surface area contributed by atoms with Crippen LogP contribution in [-0.2, 0) is 16.1 Å². The quantitative estimate of drug-likeness (QED) is 0.485. The molecular formula is C18H15ClN2O3S2. The molecule has 0 bridgehead atoms. The molecule has 0 saturated heterocycles. The summed E-state index contributed by atoms with van der Waals surface area (Å²) in [6, 6.07) is 12.6. The normalized spacial score (nSPS) is 11.7. The van der Waals surface area contributed by atoms with Crippen LogP contribution in [0.1, 0.15) is 10.4 Å². The minimum Gasteiger partial charge on any atom is -0.468 e. The predicted octanol–water partition coefficient (Wildman–Crippen LogP) is 3.99. The van der Waals surface area contributed by atoms with Crippen molar-refractivity contribution in [3.05, 3.63) is 57.9 Å². The zero-order valence-corrected chi connectivity index (χ0v) is 16.5. The lowest BCUT2D eigenvalue weighted by molar-refractivity contribution is -0.141. The molecule has 1 heterocycles. The molecule has 0 aliphatic rings. The summed E-state index contributed by atoms with van der Waals surface area (Å²) >= 11 is 8.91. The second-order valence-electron chi connectivity index (χ2n) is 5.31. The number of esters is 1. The van der Waals surface area contributed by atoms with Gasteiger partial charge in [0.2, 0.25) is 0 Å². The number of thiazole rings is 1. The zero-order valence-electron chi connectivity index (χ0n) is 14.1. The van der Waals surface area contributed by atoms with Crippen molar-refractivity contribution in [2.45, 2.75) is 11.4 Å². The third-order valence-corrected chi connectivity index (χ3v) is 5.68. The van der Waals surface area contributed by atoms with Gasteiger partial charge < -0.3 is 9.30 Å². The Balaban J connectivity index is 2.12. The van der Waals surface area contributed by atoms with Crippen molar-refractivity contribution in [3.63, 3.8) is 0 Å². The highest BCUT2D eigenvalue weighted by molar-refractivity contribution is 7.98. The molecule has 1 aromatic heterocycles. The molecule has 8 heteroatoms. The molecule has 0 radical (unpaired) electrons. The van der Waals surface area contributed by atoms with Crippen LogP contribution in [0.5, 0.6) is 0 Å². The summed E-state index contributed by atoms with van der Waals surface area (Å²) in [6.45, 7) is -0.0326. The van der Waals surface area contributed by atoms with Crippen LogP contribution >= 0.6 is 34.7 Å². The van der Waals surface area contributed by atoms with E-state index in [1.54, 1.807) is 46.7 Å². The van der Waals surface area contributed by atoms with Crippen molar-refractivity contribution >= 4 is 56.8 Å². The van der Waals surface area contributed by atoms with Crippen LogP contribution < -0.4 is 4.80 Å². The number of benzene rings is 2. The van der Waals surface area contributed by atoms with E-state index in [0.29, 0.717) is 15.4 Å². The maximum Gasteiger partial charge on any atom is 0.325 e. The Labute approximate surface area is 163 Å². The highest BCUT2D eigenvalue weighted by atomic mass is 35.5. The second kappa shape index (κ2) is 8.07. The number of hydrogen-bond acceptors (Lipinski definition) is 5. The number of carbonyl (C=O) groups is 2. The molecule has 0 fully saturated rings. The number of methoxy groups -OCH3 is 1. The van der Waals surface area contributed by atoms with Gasteiger partial charge in [0, 0.05) is 15.5 Å². The molecule has 0 N–H and O–H groups in total. The molecule has 3 rings (SSSR count). The van der Waals surface area contributed by atoms with E-state index in [-0.39, 0.29) is 12.5 Å². The molecule has 1 amide bonds. The minimum absolute atomic E-state index is 0.0326. The van der Waals surface area contributed by atoms with E-state index in [1.165, 1.54) is 18.4 Å². The molecule has 3 aromatic rings. The van der Waals surface area contributed by atoms with Crippen LogP contribution in [0.25, 0.3) is 10.2 Å². The highest BCUT2D eigenvalue weighted by Gasteiger charge is 2.13. The van der Waals surface area contributed by atoms with E-state index < -0.39 is 5.97 Å². The van der Waals surface area contributed by atoms with Crippen molar-refractivity contribution in [2.75, 3.05) is 13.4 Å². The van der Waals surface area contributed by atoms with Crippen molar-refractivity contribution in [3.8, 4) is 0 Å². The van der Waals surface area contributed by atoms with Crippen LogP contribution in [-0.4, -0.2) is 29.8 Å². The highest BCUT2D eigenvalue weighted by Crippen LogP contribution is 2.22. The van der Waals surface area contributed by atoms with Crippen molar-refractivity contribution in [1.29, 1.82) is 0 Å². The number of fused-ring (bicyclic) bond motifs is 1. The standard InChI is InChI=1S/C18H15ClN2O3S2/c1-24-16(22)10-21-14-7-6-12(19)9-15(14)26-18(21)20-17(23)11-4-3-5-13(8-11)25-2/h3-9H,10H2,1-2H3. The SMILES string of the molecule is COC(=O)Cn1c(=NC(=O)c2cccc(SC)c2)sc2cc(Cl)ccc21. The van der Waals surface area contributed by atoms with E-state index in [1.807, 2.05) is 18.4 Å². The number of ether oxygens (including phenoxy) is 1. The topological polar surface area (TPSA) is 60.7 Å². The van der Waals surface area contributed by atoms with Crippen molar-refractivity contribution < 1.29 is 14.3 Å². The number of amides is 1. The Hall–Kier alpha value is -2.09. The first-order valence-corrected chi connectivity index (χ1v) is 10.0. The number of thioether (sulfide) groups is 1. The number of carbonyl (C=O) groups excluding carboxylic acids is 2. The maximum absolute atomic E-state index is 12.6. The van der Waals surface area contributed by atoms with Crippen LogP contribution in [0.2, 0.25) is 5.02 Å². The Bertz CT molecular complexity index is 1060. The first-order chi connectivity index (χ1) is 12.5. The van der Waals surface area contributed by atoms with E-state index in [9.17, 15) is 9.59 Å². The van der Waals surface area contributed by atoms with Gasteiger partial charge in [-0.1, -0.05) is 29.0 Å². The lowest BCUT2D eigenvalue weighted by Crippen LogP contribution is -2.22. The Morgan fingerprint density at radius 2 is 2.08 bits per heavy atom. The summed E-state index contributed by atoms with van der Waals surface area (Å²) in [4.78, 5) is 30.0. The van der Waals surface area contributed by atoms with Gasteiger partial charge in [-0.3, -0.25) is 9.59 Å². The molecule has 0 aliphatic carbocycles. The number of halogens is 1. The van der Waals surface area contributed by atoms with Crippen molar-refractivity contribution in [1.82, 2.24) is 4.57 Å². The number of aromatic nitrogens is 1. The third-order valence-electron chi connectivity index (χ3n) is 3.67. The second-order valence-corrected chi connectivity index (χ2v) is 7.63. The number of hydrogen-bond donors (Lipinski definition) is 0. The van der Waals surface area contributed by atoms with Crippen molar-refractivity contribution in [2.24, 2.45) is 4.99 Å². The fourth-order valence-corrected chi connectivity index (χ4v) is 4.15. The number of nitrogens with zero attached hydrogens (tertiary/aromatic N) is 2. The molecule has 0 aliphatic heterocycles. The largest absolute Gasteiger partial charge is 0.468 e. The lowest BCUT2D eigenvalue weighted by atomic mass is 10.2. The molecule has 2 aromatic carbocycles. The average Bonchev–Trinajstić information content (AvgIpc) is 2.97. The van der Waals surface area contributed by atoms with Gasteiger partial charge in [-0.25, -0.2) is 0 Å². The Morgan fingerprint density at radius 1 is 1.27 bits per heavy atom. The van der Waals surface area contributed by atoms with Crippen LogP contribution in [0.3, 0.4) is 0 Å². The molecular weight excluding hydrogens is 392 g/mol. The summed E-state index contributed by atoms with van der Waals surface area (Å²) in [5.74, 6) is -0.782. The molecule has 26 heavy (non-hydrogen) atoms. The smallest absolute Gasteiger partial charge is 0.325 e. The molecule has 0 spiro atoms. The first kappa shape index (κ1) is 18.7. The van der Waals surface area contributed by atoms with Crippen LogP contribution in [0.15, 0.2) is 52.4 Å². The monoisotopic (exact) mass is 406 g/mol. The van der Waals surface area contributed by atoms with Crippen LogP contribution in [0.4, 0.5) is 0 Å². The van der Waals surface area contributed by atoms with E-state index in [2.05, 4.69) is 4.99 Å². The van der Waals surface area contributed by atoms with Gasteiger partial charge in [0.25, 0.3) is 5.91 Å². The van der Waals surface area contributed by atoms with E-state index in [4.69, 9.17) is 16.3 Å². The summed E-state index contributed by atoms with van der Waals surface area (Å²) in [7, 11) is 1.32. The zero-order chi connectivity index (χ0) is 18.7. The fraction of sp³-hybridized carbons (Fsp3) is 0.167. The van der Waals surface area contributed by atoms with Gasteiger partial charge >= 0.3 is 5.97 Å². The van der Waals surface area contributed by atoms with Gasteiger partial charge in [0.05, 0.1) is 17.3 Å². The molecule has 0 saturated carbocycles. The summed E-state index contributed by atoms with van der Waals surface area (Å²) in [5.41, 5.74) is 1.27. The first-order valence-electron chi connectivity index (χ1n) is 7.60. The summed E-state index contributed by atoms with van der Waals surface area (Å²) in [6.07, 6.45) is 1.95. The third kappa shape index (κ3) is 4.00. The van der Waals surface area contributed by atoms with E-state index in [0.717, 1.165) is 15.1 Å². The molecule has 5 nitrogen and oxygen atoms in total. The van der Waals surface area contributed by atoms with E-state index >= 15 is 0 Å². The lowest BCUT2D eigenvalue weighted by Gasteiger charge is -2.04. The Morgan fingerprint density at radius 3 is 2.81 bits per heavy atom. The predicted molar refractivity (Wildman–Crippen MR) is 105 cm³/mol. The Kier molecular flexibility index (Phi) is 5.80. The molecule has 134 valence electrons. The minimum atomic E-state index is -0.419. The molecule has 0 atom stereocenters. The maximum atomic E-state index is 12.6. The number of rotatable bonds is 4. The van der Waals surface area contributed by atoms with Gasteiger partial charge in [-0.15, -0.1) is 11.8 Å². The summed E-state index contributed by atoms with van der Waals surface area (Å²) in [5, 5.41) is 0.578. The van der Waals surface area contributed by atoms with Crippen LogP contribution in [0, 0.1) is 0 Å². The van der Waals surface area contributed by atoms with Gasteiger partial charge in [-0.2, -0.15) is 4.99 Å². The molecule has 0 unspecified atom stereocenters. The average molecular weight is 407 g/mol. The van der Waals surface area contributed by atoms with Gasteiger partial charge in [0.1, 0.15) is 6.54 Å². The van der Waals surface area contributed by atoms with Gasteiger partial charge in [0.15, 0.2) is 4.80 Å². The fourth-order valence-electron chi connectivity index (χ4n) is 2.39.